The smallest absolute Gasteiger partial charge is 0.238 e. The second-order valence-electron chi connectivity index (χ2n) is 6.17. The monoisotopic (exact) mass is 418 g/mol. The predicted octanol–water partition coefficient (Wildman–Crippen LogP) is 4.07. The highest BCUT2D eigenvalue weighted by Crippen LogP contribution is 2.21. The number of aryl methyl sites for hydroxylation is 1. The Morgan fingerprint density at radius 2 is 1.75 bits per heavy atom. The number of carbonyl (C=O) groups excluding carboxylic acids is 2. The number of hydrogen-bond donors (Lipinski definition) is 2. The first kappa shape index (κ1) is 21.7. The number of nitrogens with one attached hydrogen (secondary N) is 2. The fourth-order valence-corrected chi connectivity index (χ4v) is 2.88. The van der Waals surface area contributed by atoms with Gasteiger partial charge in [-0.15, -0.1) is 0 Å². The predicted molar refractivity (Wildman–Crippen MR) is 112 cm³/mol. The van der Waals surface area contributed by atoms with Gasteiger partial charge < -0.3 is 10.6 Å². The molecule has 2 N–H and O–H groups in total. The summed E-state index contributed by atoms with van der Waals surface area (Å²) in [6, 6.07) is 11.9. The minimum atomic E-state index is -0.283. The van der Waals surface area contributed by atoms with E-state index in [-0.39, 0.29) is 29.9 Å². The van der Waals surface area contributed by atoms with Gasteiger partial charge in [0, 0.05) is 16.4 Å². The number of rotatable bonds is 7. The molecule has 0 aliphatic rings. The van der Waals surface area contributed by atoms with Crippen molar-refractivity contribution < 1.29 is 9.59 Å². The van der Waals surface area contributed by atoms with Crippen molar-refractivity contribution in [3.05, 3.63) is 57.6 Å². The normalized spacial score (nSPS) is 10.4. The Bertz CT molecular complexity index is 925. The van der Waals surface area contributed by atoms with E-state index in [2.05, 4.69) is 10.6 Å². The Labute approximate surface area is 174 Å². The summed E-state index contributed by atoms with van der Waals surface area (Å²) in [6.45, 7) is 4.35. The molecule has 0 aromatic heterocycles. The van der Waals surface area contributed by atoms with Crippen molar-refractivity contribution in [1.82, 2.24) is 4.90 Å². The Morgan fingerprint density at radius 1 is 1.07 bits per heavy atom. The fraction of sp³-hybridized carbons (Fsp3) is 0.250. The van der Waals surface area contributed by atoms with Crippen LogP contribution in [0.1, 0.15) is 18.1 Å². The number of carbonyl (C=O) groups is 2. The molecular weight excluding hydrogens is 399 g/mol. The quantitative estimate of drug-likeness (QED) is 0.709. The van der Waals surface area contributed by atoms with E-state index in [0.29, 0.717) is 28.5 Å². The van der Waals surface area contributed by atoms with Crippen LogP contribution in [0.3, 0.4) is 0 Å². The topological polar surface area (TPSA) is 85.2 Å². The van der Waals surface area contributed by atoms with Gasteiger partial charge in [0.1, 0.15) is 6.07 Å². The van der Waals surface area contributed by atoms with Crippen LogP contribution in [0.5, 0.6) is 0 Å². The zero-order chi connectivity index (χ0) is 20.7. The number of nitrogens with zero attached hydrogens (tertiary/aromatic N) is 2. The van der Waals surface area contributed by atoms with Gasteiger partial charge >= 0.3 is 0 Å². The lowest BCUT2D eigenvalue weighted by Gasteiger charge is -2.20. The number of amides is 2. The molecule has 0 fully saturated rings. The van der Waals surface area contributed by atoms with Crippen LogP contribution < -0.4 is 10.6 Å². The summed E-state index contributed by atoms with van der Waals surface area (Å²) in [4.78, 5) is 26.3. The van der Waals surface area contributed by atoms with E-state index in [1.54, 1.807) is 23.1 Å². The van der Waals surface area contributed by atoms with Crippen LogP contribution in [-0.4, -0.2) is 36.3 Å². The van der Waals surface area contributed by atoms with E-state index in [9.17, 15) is 9.59 Å². The average molecular weight is 419 g/mol. The van der Waals surface area contributed by atoms with Crippen LogP contribution >= 0.6 is 23.2 Å². The highest BCUT2D eigenvalue weighted by atomic mass is 35.5. The third-order valence-electron chi connectivity index (χ3n) is 4.03. The molecule has 8 heteroatoms. The Morgan fingerprint density at radius 3 is 2.36 bits per heavy atom. The lowest BCUT2D eigenvalue weighted by molar-refractivity contribution is -0.119. The maximum Gasteiger partial charge on any atom is 0.238 e. The van der Waals surface area contributed by atoms with Crippen LogP contribution in [-0.2, 0) is 9.59 Å². The first-order chi connectivity index (χ1) is 13.3. The summed E-state index contributed by atoms with van der Waals surface area (Å²) in [7, 11) is 0. The molecule has 0 bridgehead atoms. The van der Waals surface area contributed by atoms with Crippen molar-refractivity contribution in [1.29, 1.82) is 5.26 Å². The summed E-state index contributed by atoms with van der Waals surface area (Å²) in [5.41, 5.74) is 2.37. The van der Waals surface area contributed by atoms with Crippen LogP contribution in [0.2, 0.25) is 10.0 Å². The summed E-state index contributed by atoms with van der Waals surface area (Å²) in [5, 5.41) is 15.2. The molecule has 0 saturated carbocycles. The molecule has 0 unspecified atom stereocenters. The lowest BCUT2D eigenvalue weighted by atomic mass is 10.2. The van der Waals surface area contributed by atoms with Gasteiger partial charge in [-0.2, -0.15) is 5.26 Å². The molecule has 0 spiro atoms. The van der Waals surface area contributed by atoms with Crippen molar-refractivity contribution in [2.75, 3.05) is 30.3 Å². The van der Waals surface area contributed by atoms with Crippen LogP contribution in [0.4, 0.5) is 11.4 Å². The number of anilines is 2. The molecular formula is C20H20Cl2N4O2. The van der Waals surface area contributed by atoms with Crippen LogP contribution in [0.15, 0.2) is 36.4 Å². The van der Waals surface area contributed by atoms with Crippen molar-refractivity contribution in [3.63, 3.8) is 0 Å². The number of likely N-dealkylation sites (N-methyl/N-ethyl adjacent to an activating group) is 1. The summed E-state index contributed by atoms with van der Waals surface area (Å²) < 4.78 is 0. The van der Waals surface area contributed by atoms with Crippen LogP contribution in [0, 0.1) is 18.3 Å². The second-order valence-corrected chi connectivity index (χ2v) is 7.01. The van der Waals surface area contributed by atoms with E-state index in [4.69, 9.17) is 28.5 Å². The molecule has 0 saturated heterocycles. The minimum Gasteiger partial charge on any atom is -0.325 e. The maximum absolute atomic E-state index is 12.3. The highest BCUT2D eigenvalue weighted by molar-refractivity contribution is 6.32. The lowest BCUT2D eigenvalue weighted by Crippen LogP contribution is -2.38. The molecule has 0 aliphatic carbocycles. The number of halogens is 2. The van der Waals surface area contributed by atoms with Gasteiger partial charge in [0.25, 0.3) is 0 Å². The van der Waals surface area contributed by atoms with Crippen molar-refractivity contribution >= 4 is 46.4 Å². The third kappa shape index (κ3) is 6.24. The molecule has 0 atom stereocenters. The van der Waals surface area contributed by atoms with Gasteiger partial charge in [-0.1, -0.05) is 36.2 Å². The van der Waals surface area contributed by atoms with Crippen molar-refractivity contribution in [2.24, 2.45) is 0 Å². The second kappa shape index (κ2) is 10.1. The van der Waals surface area contributed by atoms with E-state index in [1.165, 1.54) is 12.1 Å². The zero-order valence-electron chi connectivity index (χ0n) is 15.6. The molecule has 2 rings (SSSR count). The SMILES string of the molecule is CCN(CC(=O)Nc1ccc(C#N)c(Cl)c1)CC(=O)Nc1cc(Cl)ccc1C. The van der Waals surface area contributed by atoms with Gasteiger partial charge in [-0.05, 0) is 49.4 Å². The molecule has 2 amide bonds. The fourth-order valence-electron chi connectivity index (χ4n) is 2.49. The van der Waals surface area contributed by atoms with Gasteiger partial charge in [-0.25, -0.2) is 0 Å². The zero-order valence-corrected chi connectivity index (χ0v) is 17.1. The molecule has 2 aromatic rings. The first-order valence-electron chi connectivity index (χ1n) is 8.60. The Hall–Kier alpha value is -2.59. The Kier molecular flexibility index (Phi) is 7.82. The van der Waals surface area contributed by atoms with E-state index in [1.807, 2.05) is 26.0 Å². The highest BCUT2D eigenvalue weighted by Gasteiger charge is 2.15. The minimum absolute atomic E-state index is 0.0378. The maximum atomic E-state index is 12.3. The van der Waals surface area contributed by atoms with Crippen LogP contribution in [0.25, 0.3) is 0 Å². The van der Waals surface area contributed by atoms with Gasteiger partial charge in [0.05, 0.1) is 23.7 Å². The van der Waals surface area contributed by atoms with Gasteiger partial charge in [-0.3, -0.25) is 14.5 Å². The largest absolute Gasteiger partial charge is 0.325 e. The van der Waals surface area contributed by atoms with Gasteiger partial charge in [0.15, 0.2) is 0 Å². The molecule has 28 heavy (non-hydrogen) atoms. The van der Waals surface area contributed by atoms with Crippen molar-refractivity contribution in [3.8, 4) is 6.07 Å². The average Bonchev–Trinajstić information content (AvgIpc) is 2.64. The molecule has 0 radical (unpaired) electrons. The number of nitriles is 1. The summed E-state index contributed by atoms with van der Waals surface area (Å²) in [5.74, 6) is -0.518. The van der Waals surface area contributed by atoms with E-state index in [0.717, 1.165) is 5.56 Å². The molecule has 6 nitrogen and oxygen atoms in total. The molecule has 2 aromatic carbocycles. The van der Waals surface area contributed by atoms with Gasteiger partial charge in [0.2, 0.25) is 11.8 Å². The molecule has 0 aliphatic heterocycles. The molecule has 146 valence electrons. The summed E-state index contributed by atoms with van der Waals surface area (Å²) in [6.07, 6.45) is 0. The third-order valence-corrected chi connectivity index (χ3v) is 4.58. The Balaban J connectivity index is 1.93. The number of benzene rings is 2. The first-order valence-corrected chi connectivity index (χ1v) is 9.35. The van der Waals surface area contributed by atoms with E-state index >= 15 is 0 Å². The number of hydrogen-bond acceptors (Lipinski definition) is 4. The standard InChI is InChI=1S/C20H20Cl2N4O2/c1-3-26(12-20(28)25-18-8-15(21)6-4-13(18)2)11-19(27)24-16-7-5-14(10-23)17(22)9-16/h4-9H,3,11-12H2,1-2H3,(H,24,27)(H,25,28). The summed E-state index contributed by atoms with van der Waals surface area (Å²) >= 11 is 11.9. The molecule has 0 heterocycles. The van der Waals surface area contributed by atoms with E-state index < -0.39 is 0 Å². The van der Waals surface area contributed by atoms with Crippen molar-refractivity contribution in [2.45, 2.75) is 13.8 Å².